The largest absolute Gasteiger partial charge is 0.479 e. The zero-order valence-electron chi connectivity index (χ0n) is 16.2. The molecule has 1 aliphatic heterocycles. The highest BCUT2D eigenvalue weighted by Crippen LogP contribution is 2.35. The summed E-state index contributed by atoms with van der Waals surface area (Å²) in [6, 6.07) is 3.36. The third-order valence-electron chi connectivity index (χ3n) is 4.92. The number of rotatable bonds is 6. The van der Waals surface area contributed by atoms with Gasteiger partial charge < -0.3 is 14.2 Å². The Morgan fingerprint density at radius 1 is 1.23 bits per heavy atom. The van der Waals surface area contributed by atoms with Gasteiger partial charge in [0.2, 0.25) is 5.88 Å². The van der Waals surface area contributed by atoms with E-state index in [0.717, 1.165) is 21.5 Å². The molecule has 0 radical (unpaired) electrons. The molecule has 1 N–H and O–H groups in total. The van der Waals surface area contributed by atoms with E-state index in [-0.39, 0.29) is 13.2 Å². The number of ether oxygens (including phenoxy) is 2. The van der Waals surface area contributed by atoms with Crippen LogP contribution in [-0.2, 0) is 17.5 Å². The van der Waals surface area contributed by atoms with Crippen molar-refractivity contribution in [3.63, 3.8) is 0 Å². The average molecular weight is 427 g/mol. The van der Waals surface area contributed by atoms with Gasteiger partial charge in [0.15, 0.2) is 11.5 Å². The molecule has 0 aliphatic carbocycles. The molecule has 9 nitrogen and oxygen atoms in total. The number of nitrogens with zero attached hydrogens (tertiary/aromatic N) is 6. The van der Waals surface area contributed by atoms with E-state index < -0.39 is 5.67 Å². The summed E-state index contributed by atoms with van der Waals surface area (Å²) in [5.41, 5.74) is 0.694. The van der Waals surface area contributed by atoms with Crippen molar-refractivity contribution in [3.8, 4) is 11.7 Å². The predicted molar refractivity (Wildman–Crippen MR) is 110 cm³/mol. The lowest BCUT2D eigenvalue weighted by molar-refractivity contribution is -0.135. The molecule has 0 unspecified atom stereocenters. The number of methoxy groups -OCH3 is 1. The van der Waals surface area contributed by atoms with Gasteiger partial charge in [0, 0.05) is 31.0 Å². The molecule has 0 atom stereocenters. The monoisotopic (exact) mass is 427 g/mol. The minimum Gasteiger partial charge on any atom is -0.479 e. The van der Waals surface area contributed by atoms with Crippen LogP contribution < -0.4 is 9.46 Å². The second kappa shape index (κ2) is 7.26. The van der Waals surface area contributed by atoms with E-state index in [9.17, 15) is 4.39 Å². The maximum atomic E-state index is 14.6. The zero-order chi connectivity index (χ0) is 20.7. The summed E-state index contributed by atoms with van der Waals surface area (Å²) >= 11 is 1.35. The lowest BCUT2D eigenvalue weighted by Gasteiger charge is -2.34. The van der Waals surface area contributed by atoms with E-state index in [0.29, 0.717) is 17.3 Å². The van der Waals surface area contributed by atoms with Gasteiger partial charge in [-0.2, -0.15) is 10.2 Å². The molecule has 5 rings (SSSR count). The molecule has 30 heavy (non-hydrogen) atoms. The molecule has 0 spiro atoms. The lowest BCUT2D eigenvalue weighted by Crippen LogP contribution is -2.42. The van der Waals surface area contributed by atoms with Crippen LogP contribution in [0.15, 0.2) is 48.0 Å². The normalized spacial score (nSPS) is 15.2. The summed E-state index contributed by atoms with van der Waals surface area (Å²) in [6.45, 7) is 0.131. The van der Waals surface area contributed by atoms with Gasteiger partial charge >= 0.3 is 0 Å². The number of halogens is 1. The number of aryl methyl sites for hydroxylation is 1. The molecule has 11 heteroatoms. The number of fused-ring (bicyclic) bond motifs is 1. The minimum absolute atomic E-state index is 0.0655. The molecular weight excluding hydrogens is 409 g/mol. The summed E-state index contributed by atoms with van der Waals surface area (Å²) in [4.78, 5) is 9.47. The van der Waals surface area contributed by atoms with Crippen molar-refractivity contribution in [1.82, 2.24) is 29.5 Å². The fourth-order valence-corrected chi connectivity index (χ4v) is 3.92. The molecule has 1 aliphatic rings. The Bertz CT molecular complexity index is 1220. The Balaban J connectivity index is 1.38. The van der Waals surface area contributed by atoms with Gasteiger partial charge in [-0.3, -0.25) is 4.68 Å². The lowest BCUT2D eigenvalue weighted by atomic mass is 9.95. The van der Waals surface area contributed by atoms with Gasteiger partial charge in [0.05, 0.1) is 43.1 Å². The van der Waals surface area contributed by atoms with Crippen LogP contribution in [0.25, 0.3) is 16.7 Å². The van der Waals surface area contributed by atoms with Crippen molar-refractivity contribution in [2.45, 2.75) is 10.6 Å². The van der Waals surface area contributed by atoms with Crippen LogP contribution in [0, 0.1) is 0 Å². The van der Waals surface area contributed by atoms with Crippen LogP contribution in [0.4, 0.5) is 10.1 Å². The third-order valence-corrected chi connectivity index (χ3v) is 5.67. The number of hydrogen-bond donors (Lipinski definition) is 1. The molecule has 4 aromatic heterocycles. The van der Waals surface area contributed by atoms with Crippen LogP contribution in [0.5, 0.6) is 5.88 Å². The Labute approximate surface area is 175 Å². The smallest absolute Gasteiger partial charge is 0.240 e. The fraction of sp³-hybridized carbons (Fsp3) is 0.263. The molecule has 1 fully saturated rings. The fourth-order valence-electron chi connectivity index (χ4n) is 3.26. The quantitative estimate of drug-likeness (QED) is 0.470. The number of aromatic nitrogens is 6. The Kier molecular flexibility index (Phi) is 4.55. The van der Waals surface area contributed by atoms with Crippen molar-refractivity contribution in [2.24, 2.45) is 7.05 Å². The number of pyridine rings is 2. The zero-order valence-corrected chi connectivity index (χ0v) is 17.1. The van der Waals surface area contributed by atoms with Gasteiger partial charge in [-0.25, -0.2) is 19.0 Å². The second-order valence-electron chi connectivity index (χ2n) is 6.90. The van der Waals surface area contributed by atoms with E-state index >= 15 is 0 Å². The van der Waals surface area contributed by atoms with Gasteiger partial charge in [-0.1, -0.05) is 0 Å². The highest BCUT2D eigenvalue weighted by molar-refractivity contribution is 8.00. The molecular formula is C19H18FN7O2S. The molecule has 154 valence electrons. The first kappa shape index (κ1) is 18.8. The SMILES string of the molecule is COc1ncc2cnn(C)c2c1NSc1cnn(-c2cc(C3(F)COC3)ccn2)c1. The van der Waals surface area contributed by atoms with E-state index in [1.54, 1.807) is 53.4 Å². The molecule has 5 heterocycles. The third kappa shape index (κ3) is 3.15. The second-order valence-corrected chi connectivity index (χ2v) is 7.78. The van der Waals surface area contributed by atoms with E-state index in [1.807, 2.05) is 13.2 Å². The van der Waals surface area contributed by atoms with Gasteiger partial charge in [-0.05, 0) is 29.6 Å². The predicted octanol–water partition coefficient (Wildman–Crippen LogP) is 2.87. The van der Waals surface area contributed by atoms with Crippen molar-refractivity contribution in [3.05, 3.63) is 48.7 Å². The summed E-state index contributed by atoms with van der Waals surface area (Å²) in [5.74, 6) is 1.01. The summed E-state index contributed by atoms with van der Waals surface area (Å²) < 4.78 is 31.7. The van der Waals surface area contributed by atoms with E-state index in [2.05, 4.69) is 24.9 Å². The number of anilines is 1. The standard InChI is InChI=1S/C19H18FN7O2S/c1-26-17-12(7-23-26)6-22-18(28-2)16(17)25-30-14-8-24-27(9-14)15-5-13(3-4-21-15)19(20)10-29-11-19/h3-9,25H,10-11H2,1-2H3. The van der Waals surface area contributed by atoms with Crippen molar-refractivity contribution in [2.75, 3.05) is 25.0 Å². The van der Waals surface area contributed by atoms with Gasteiger partial charge in [0.1, 0.15) is 5.69 Å². The topological polar surface area (TPSA) is 91.9 Å². The number of nitrogens with one attached hydrogen (secondary N) is 1. The Morgan fingerprint density at radius 2 is 2.10 bits per heavy atom. The Morgan fingerprint density at radius 3 is 2.87 bits per heavy atom. The number of hydrogen-bond acceptors (Lipinski definition) is 8. The summed E-state index contributed by atoms with van der Waals surface area (Å²) in [5, 5.41) is 9.53. The van der Waals surface area contributed by atoms with Crippen molar-refractivity contribution < 1.29 is 13.9 Å². The first-order chi connectivity index (χ1) is 14.6. The molecule has 1 saturated heterocycles. The number of alkyl halides is 1. The van der Waals surface area contributed by atoms with Crippen LogP contribution in [0.1, 0.15) is 5.56 Å². The summed E-state index contributed by atoms with van der Waals surface area (Å²) in [6.07, 6.45) is 8.57. The average Bonchev–Trinajstić information content (AvgIpc) is 3.37. The molecule has 0 amide bonds. The van der Waals surface area contributed by atoms with Crippen LogP contribution in [0.3, 0.4) is 0 Å². The molecule has 0 saturated carbocycles. The summed E-state index contributed by atoms with van der Waals surface area (Å²) in [7, 11) is 3.43. The van der Waals surface area contributed by atoms with E-state index in [1.165, 1.54) is 11.9 Å². The van der Waals surface area contributed by atoms with Crippen molar-refractivity contribution in [1.29, 1.82) is 0 Å². The first-order valence-electron chi connectivity index (χ1n) is 9.13. The first-order valence-corrected chi connectivity index (χ1v) is 9.95. The van der Waals surface area contributed by atoms with Crippen molar-refractivity contribution >= 4 is 28.5 Å². The highest BCUT2D eigenvalue weighted by Gasteiger charge is 2.40. The van der Waals surface area contributed by atoms with Gasteiger partial charge in [-0.15, -0.1) is 0 Å². The molecule has 0 bridgehead atoms. The van der Waals surface area contributed by atoms with Crippen LogP contribution >= 0.6 is 11.9 Å². The van der Waals surface area contributed by atoms with E-state index in [4.69, 9.17) is 9.47 Å². The molecule has 0 aromatic carbocycles. The Hall–Kier alpha value is -3.18. The highest BCUT2D eigenvalue weighted by atomic mass is 32.2. The van der Waals surface area contributed by atoms with Crippen LogP contribution in [0.2, 0.25) is 0 Å². The maximum absolute atomic E-state index is 14.6. The van der Waals surface area contributed by atoms with Gasteiger partial charge in [0.25, 0.3) is 0 Å². The molecule has 4 aromatic rings. The van der Waals surface area contributed by atoms with Crippen LogP contribution in [-0.4, -0.2) is 49.9 Å². The maximum Gasteiger partial charge on any atom is 0.240 e. The minimum atomic E-state index is -1.45.